The van der Waals surface area contributed by atoms with Crippen molar-refractivity contribution in [3.8, 4) is 0 Å². The summed E-state index contributed by atoms with van der Waals surface area (Å²) in [5, 5.41) is 13.5. The number of aliphatic hydroxyl groups excluding tert-OH is 1. The predicted molar refractivity (Wildman–Crippen MR) is 80.5 cm³/mol. The highest BCUT2D eigenvalue weighted by Crippen LogP contribution is 2.26. The van der Waals surface area contributed by atoms with Crippen molar-refractivity contribution in [2.45, 2.75) is 51.3 Å². The number of rotatable bonds is 5. The van der Waals surface area contributed by atoms with Gasteiger partial charge in [0.2, 0.25) is 0 Å². The van der Waals surface area contributed by atoms with Crippen molar-refractivity contribution in [3.05, 3.63) is 0 Å². The molecule has 6 heteroatoms. The van der Waals surface area contributed by atoms with Gasteiger partial charge in [0, 0.05) is 12.6 Å². The Kier molecular flexibility index (Phi) is 5.45. The Balaban J connectivity index is 1.96. The molecule has 0 aromatic rings. The van der Waals surface area contributed by atoms with E-state index in [0.29, 0.717) is 12.0 Å². The van der Waals surface area contributed by atoms with E-state index in [1.165, 1.54) is 6.42 Å². The summed E-state index contributed by atoms with van der Waals surface area (Å²) in [5.74, 6) is 0.666. The average molecular weight is 304 g/mol. The molecule has 5 nitrogen and oxygen atoms in total. The first-order valence-electron chi connectivity index (χ1n) is 7.74. The summed E-state index contributed by atoms with van der Waals surface area (Å²) in [6.07, 6.45) is 2.67. The molecule has 2 rings (SSSR count). The van der Waals surface area contributed by atoms with Crippen LogP contribution in [0.1, 0.15) is 33.1 Å². The maximum Gasteiger partial charge on any atom is 0.154 e. The molecular formula is C14H28N2O3S. The van der Waals surface area contributed by atoms with Crippen LogP contribution in [-0.4, -0.2) is 67.8 Å². The van der Waals surface area contributed by atoms with Crippen LogP contribution in [0.2, 0.25) is 0 Å². The van der Waals surface area contributed by atoms with E-state index in [9.17, 15) is 13.5 Å². The van der Waals surface area contributed by atoms with E-state index >= 15 is 0 Å². The highest BCUT2D eigenvalue weighted by molar-refractivity contribution is 7.91. The van der Waals surface area contributed by atoms with Crippen LogP contribution < -0.4 is 5.32 Å². The summed E-state index contributed by atoms with van der Waals surface area (Å²) < 4.78 is 23.4. The highest BCUT2D eigenvalue weighted by Gasteiger charge is 2.42. The average Bonchev–Trinajstić information content (AvgIpc) is 2.63. The fourth-order valence-electron chi connectivity index (χ4n) is 3.34. The van der Waals surface area contributed by atoms with E-state index < -0.39 is 15.9 Å². The molecule has 2 heterocycles. The summed E-state index contributed by atoms with van der Waals surface area (Å²) in [5.41, 5.74) is 0. The molecule has 2 saturated heterocycles. The van der Waals surface area contributed by atoms with Gasteiger partial charge in [0.25, 0.3) is 0 Å². The molecule has 0 aromatic carbocycles. The topological polar surface area (TPSA) is 69.6 Å². The second-order valence-electron chi connectivity index (χ2n) is 6.65. The summed E-state index contributed by atoms with van der Waals surface area (Å²) in [4.78, 5) is 2.24. The fraction of sp³-hybridized carbons (Fsp3) is 1.00. The number of hydrogen-bond donors (Lipinski definition) is 2. The third kappa shape index (κ3) is 4.16. The van der Waals surface area contributed by atoms with Crippen LogP contribution >= 0.6 is 0 Å². The van der Waals surface area contributed by atoms with Crippen LogP contribution in [0, 0.1) is 5.92 Å². The van der Waals surface area contributed by atoms with Crippen molar-refractivity contribution in [1.82, 2.24) is 10.2 Å². The number of nitrogens with one attached hydrogen (secondary N) is 1. The maximum atomic E-state index is 11.7. The monoisotopic (exact) mass is 304 g/mol. The van der Waals surface area contributed by atoms with Gasteiger partial charge in [-0.05, 0) is 31.8 Å². The van der Waals surface area contributed by atoms with Crippen LogP contribution in [0.25, 0.3) is 0 Å². The number of sulfone groups is 1. The van der Waals surface area contributed by atoms with Gasteiger partial charge < -0.3 is 10.4 Å². The molecule has 0 radical (unpaired) electrons. The molecule has 118 valence electrons. The van der Waals surface area contributed by atoms with Gasteiger partial charge in [-0.1, -0.05) is 20.3 Å². The van der Waals surface area contributed by atoms with Gasteiger partial charge >= 0.3 is 0 Å². The van der Waals surface area contributed by atoms with Crippen molar-refractivity contribution < 1.29 is 13.5 Å². The van der Waals surface area contributed by atoms with Crippen LogP contribution in [0.4, 0.5) is 0 Å². The standard InChI is InChI=1S/C14H28N2O3S/c1-11(2)7-15-8-12-5-3-4-6-16(12)13-9-20(18,19)10-14(13)17/h11-15,17H,3-10H2,1-2H3. The fourth-order valence-corrected chi connectivity index (χ4v) is 5.16. The normalized spacial score (nSPS) is 34.7. The third-order valence-electron chi connectivity index (χ3n) is 4.32. The lowest BCUT2D eigenvalue weighted by molar-refractivity contribution is 0.0345. The van der Waals surface area contributed by atoms with E-state index in [1.807, 2.05) is 0 Å². The van der Waals surface area contributed by atoms with Crippen molar-refractivity contribution >= 4 is 9.84 Å². The lowest BCUT2D eigenvalue weighted by atomic mass is 9.98. The Morgan fingerprint density at radius 1 is 1.30 bits per heavy atom. The smallest absolute Gasteiger partial charge is 0.154 e. The van der Waals surface area contributed by atoms with E-state index in [-0.39, 0.29) is 17.5 Å². The minimum atomic E-state index is -3.06. The van der Waals surface area contributed by atoms with Crippen LogP contribution in [0.5, 0.6) is 0 Å². The SMILES string of the molecule is CC(C)CNCC1CCCCN1C1CS(=O)(=O)CC1O. The number of piperidine rings is 1. The van der Waals surface area contributed by atoms with E-state index in [2.05, 4.69) is 24.1 Å². The van der Waals surface area contributed by atoms with Crippen molar-refractivity contribution in [3.63, 3.8) is 0 Å². The summed E-state index contributed by atoms with van der Waals surface area (Å²) in [6.45, 7) is 7.14. The second-order valence-corrected chi connectivity index (χ2v) is 8.80. The zero-order valence-electron chi connectivity index (χ0n) is 12.6. The van der Waals surface area contributed by atoms with Crippen LogP contribution in [0.3, 0.4) is 0 Å². The lowest BCUT2D eigenvalue weighted by Gasteiger charge is -2.40. The molecule has 3 atom stereocenters. The molecule has 0 saturated carbocycles. The Morgan fingerprint density at radius 2 is 2.05 bits per heavy atom. The first-order valence-corrected chi connectivity index (χ1v) is 9.56. The van der Waals surface area contributed by atoms with Gasteiger partial charge in [-0.2, -0.15) is 0 Å². The van der Waals surface area contributed by atoms with Crippen molar-refractivity contribution in [1.29, 1.82) is 0 Å². The van der Waals surface area contributed by atoms with Gasteiger partial charge in [-0.15, -0.1) is 0 Å². The summed E-state index contributed by atoms with van der Waals surface area (Å²) in [7, 11) is -3.06. The minimum absolute atomic E-state index is 0.0691. The third-order valence-corrected chi connectivity index (χ3v) is 6.02. The lowest BCUT2D eigenvalue weighted by Crippen LogP contribution is -2.54. The van der Waals surface area contributed by atoms with Crippen LogP contribution in [-0.2, 0) is 9.84 Å². The first-order chi connectivity index (χ1) is 9.39. The quantitative estimate of drug-likeness (QED) is 0.762. The Bertz CT molecular complexity index is 411. The number of likely N-dealkylation sites (tertiary alicyclic amines) is 1. The summed E-state index contributed by atoms with van der Waals surface area (Å²) >= 11 is 0. The Hall–Kier alpha value is -0.170. The minimum Gasteiger partial charge on any atom is -0.390 e. The second kappa shape index (κ2) is 6.73. The molecule has 0 bridgehead atoms. The molecule has 2 fully saturated rings. The van der Waals surface area contributed by atoms with Crippen LogP contribution in [0.15, 0.2) is 0 Å². The number of hydrogen-bond acceptors (Lipinski definition) is 5. The predicted octanol–water partition coefficient (Wildman–Crippen LogP) is 0.244. The molecule has 3 unspecified atom stereocenters. The summed E-state index contributed by atoms with van der Waals surface area (Å²) in [6, 6.07) is 0.154. The number of nitrogens with zero attached hydrogens (tertiary/aromatic N) is 1. The van der Waals surface area contributed by atoms with E-state index in [4.69, 9.17) is 0 Å². The molecule has 0 aliphatic carbocycles. The van der Waals surface area contributed by atoms with Crippen molar-refractivity contribution in [2.24, 2.45) is 5.92 Å². The molecule has 20 heavy (non-hydrogen) atoms. The molecular weight excluding hydrogens is 276 g/mol. The molecule has 0 spiro atoms. The maximum absolute atomic E-state index is 11.7. The van der Waals surface area contributed by atoms with E-state index in [0.717, 1.165) is 32.5 Å². The van der Waals surface area contributed by atoms with Gasteiger partial charge in [-0.3, -0.25) is 4.90 Å². The number of aliphatic hydroxyl groups is 1. The largest absolute Gasteiger partial charge is 0.390 e. The molecule has 2 N–H and O–H groups in total. The Labute approximate surface area is 122 Å². The van der Waals surface area contributed by atoms with Gasteiger partial charge in [0.1, 0.15) is 0 Å². The highest BCUT2D eigenvalue weighted by atomic mass is 32.2. The first kappa shape index (κ1) is 16.2. The molecule has 2 aliphatic rings. The van der Waals surface area contributed by atoms with Crippen molar-refractivity contribution in [2.75, 3.05) is 31.1 Å². The zero-order chi connectivity index (χ0) is 14.8. The van der Waals surface area contributed by atoms with E-state index in [1.54, 1.807) is 0 Å². The van der Waals surface area contributed by atoms with Gasteiger partial charge in [0.15, 0.2) is 9.84 Å². The van der Waals surface area contributed by atoms with Gasteiger partial charge in [0.05, 0.1) is 23.7 Å². The molecule has 0 amide bonds. The Morgan fingerprint density at radius 3 is 2.65 bits per heavy atom. The molecule has 2 aliphatic heterocycles. The zero-order valence-corrected chi connectivity index (χ0v) is 13.4. The van der Waals surface area contributed by atoms with Gasteiger partial charge in [-0.25, -0.2) is 8.42 Å². The molecule has 0 aromatic heterocycles.